The van der Waals surface area contributed by atoms with E-state index in [1.807, 2.05) is 31.4 Å². The van der Waals surface area contributed by atoms with Gasteiger partial charge in [-0.25, -0.2) is 13.8 Å². The van der Waals surface area contributed by atoms with Gasteiger partial charge in [0.15, 0.2) is 0 Å². The van der Waals surface area contributed by atoms with Gasteiger partial charge in [-0.15, -0.1) is 0 Å². The number of hydrazone groups is 1. The van der Waals surface area contributed by atoms with Crippen molar-refractivity contribution in [2.45, 2.75) is 32.6 Å². The number of benzene rings is 3. The van der Waals surface area contributed by atoms with Crippen LogP contribution in [0.25, 0.3) is 5.69 Å². The van der Waals surface area contributed by atoms with Crippen molar-refractivity contribution >= 4 is 62.6 Å². The number of hydrogen-bond acceptors (Lipinski definition) is 4. The van der Waals surface area contributed by atoms with Crippen LogP contribution in [-0.2, 0) is 14.8 Å². The first-order valence-electron chi connectivity index (χ1n) is 12.2. The highest BCUT2D eigenvalue weighted by molar-refractivity contribution is 7.92. The van der Waals surface area contributed by atoms with E-state index in [4.69, 9.17) is 34.8 Å². The molecule has 1 aromatic heterocycles. The lowest BCUT2D eigenvalue weighted by molar-refractivity contribution is -0.119. The van der Waals surface area contributed by atoms with Gasteiger partial charge in [-0.2, -0.15) is 5.10 Å². The molecule has 11 heteroatoms. The molecule has 0 unspecified atom stereocenters. The Hall–Kier alpha value is -3.30. The van der Waals surface area contributed by atoms with Gasteiger partial charge in [0.25, 0.3) is 15.9 Å². The Bertz CT molecular complexity index is 1720. The molecule has 7 nitrogen and oxygen atoms in total. The third-order valence-corrected chi connectivity index (χ3v) is 8.91. The molecule has 4 aromatic rings. The summed E-state index contributed by atoms with van der Waals surface area (Å²) in [5.74, 6) is -0.627. The van der Waals surface area contributed by atoms with Crippen LogP contribution in [0.2, 0.25) is 15.1 Å². The van der Waals surface area contributed by atoms with E-state index in [0.29, 0.717) is 26.3 Å². The van der Waals surface area contributed by atoms with Crippen molar-refractivity contribution < 1.29 is 13.2 Å². The fourth-order valence-electron chi connectivity index (χ4n) is 4.27. The summed E-state index contributed by atoms with van der Waals surface area (Å²) >= 11 is 18.8. The Morgan fingerprint density at radius 3 is 2.27 bits per heavy atom. The number of anilines is 1. The van der Waals surface area contributed by atoms with Gasteiger partial charge in [0.05, 0.1) is 27.5 Å². The Morgan fingerprint density at radius 2 is 1.57 bits per heavy atom. The molecular formula is C29H27Cl3N4O3S. The third kappa shape index (κ3) is 6.36. The van der Waals surface area contributed by atoms with Gasteiger partial charge in [0, 0.05) is 27.0 Å². The second-order valence-electron chi connectivity index (χ2n) is 9.31. The summed E-state index contributed by atoms with van der Waals surface area (Å²) in [7, 11) is -4.09. The molecule has 0 atom stereocenters. The molecule has 0 saturated carbocycles. The van der Waals surface area contributed by atoms with Crippen molar-refractivity contribution in [1.82, 2.24) is 9.99 Å². The Labute approximate surface area is 249 Å². The smallest absolute Gasteiger partial charge is 0.264 e. The molecule has 0 bridgehead atoms. The van der Waals surface area contributed by atoms with Crippen molar-refractivity contribution in [3.63, 3.8) is 0 Å². The van der Waals surface area contributed by atoms with Crippen LogP contribution in [0.4, 0.5) is 5.69 Å². The van der Waals surface area contributed by atoms with E-state index in [2.05, 4.69) is 10.5 Å². The lowest BCUT2D eigenvalue weighted by Crippen LogP contribution is -2.40. The summed E-state index contributed by atoms with van der Waals surface area (Å²) in [5.41, 5.74) is 7.49. The van der Waals surface area contributed by atoms with E-state index in [1.54, 1.807) is 49.4 Å². The first-order valence-corrected chi connectivity index (χ1v) is 14.8. The maximum atomic E-state index is 13.7. The van der Waals surface area contributed by atoms with E-state index in [-0.39, 0.29) is 4.90 Å². The second-order valence-corrected chi connectivity index (χ2v) is 12.4. The highest BCUT2D eigenvalue weighted by Gasteiger charge is 2.28. The molecule has 4 rings (SSSR count). The van der Waals surface area contributed by atoms with Gasteiger partial charge < -0.3 is 4.57 Å². The van der Waals surface area contributed by atoms with E-state index < -0.39 is 22.5 Å². The molecule has 1 amide bonds. The van der Waals surface area contributed by atoms with E-state index in [0.717, 1.165) is 32.5 Å². The van der Waals surface area contributed by atoms with E-state index >= 15 is 0 Å². The minimum absolute atomic E-state index is 0.0564. The van der Waals surface area contributed by atoms with Gasteiger partial charge >= 0.3 is 0 Å². The average Bonchev–Trinajstić information content (AvgIpc) is 3.18. The van der Waals surface area contributed by atoms with Gasteiger partial charge in [0.1, 0.15) is 6.54 Å². The largest absolute Gasteiger partial charge is 0.316 e. The number of nitrogens with zero attached hydrogens (tertiary/aromatic N) is 3. The minimum Gasteiger partial charge on any atom is -0.316 e. The number of aromatic nitrogens is 1. The van der Waals surface area contributed by atoms with Crippen LogP contribution >= 0.6 is 34.8 Å². The Kier molecular flexibility index (Phi) is 8.95. The fourth-order valence-corrected chi connectivity index (χ4v) is 6.29. The lowest BCUT2D eigenvalue weighted by atomic mass is 10.2. The number of hydrogen-bond donors (Lipinski definition) is 1. The molecule has 0 aliphatic heterocycles. The molecule has 0 spiro atoms. The summed E-state index contributed by atoms with van der Waals surface area (Å²) in [6.07, 6.45) is 1.50. The second kappa shape index (κ2) is 12.1. The number of rotatable bonds is 8. The van der Waals surface area contributed by atoms with Crippen molar-refractivity contribution in [2.24, 2.45) is 5.10 Å². The molecule has 0 aliphatic carbocycles. The summed E-state index contributed by atoms with van der Waals surface area (Å²) in [6.45, 7) is 6.92. The number of carbonyl (C=O) groups is 1. The standard InChI is InChI=1S/C29H27Cl3N4O3S/c1-18-5-10-25(11-6-18)40(38,39)35(27-14-23(30)8-7-19(27)2)17-29(37)34-33-16-22-13-20(3)36(21(22)4)28-15-24(31)9-12-26(28)32/h5-16H,17H2,1-4H3,(H,34,37)/b33-16-. The molecule has 1 heterocycles. The first kappa shape index (κ1) is 29.7. The SMILES string of the molecule is Cc1ccc(S(=O)(=O)N(CC(=O)N/N=C\c2cc(C)n(-c3cc(Cl)ccc3Cl)c2C)c2cc(Cl)ccc2C)cc1. The number of aryl methyl sites for hydroxylation is 3. The molecular weight excluding hydrogens is 591 g/mol. The number of sulfonamides is 1. The summed E-state index contributed by atoms with van der Waals surface area (Å²) in [4.78, 5) is 13.1. The van der Waals surface area contributed by atoms with E-state index in [9.17, 15) is 13.2 Å². The van der Waals surface area contributed by atoms with Crippen molar-refractivity contribution in [3.05, 3.63) is 110 Å². The maximum absolute atomic E-state index is 13.7. The van der Waals surface area contributed by atoms with Crippen LogP contribution in [0.5, 0.6) is 0 Å². The zero-order chi connectivity index (χ0) is 29.2. The van der Waals surface area contributed by atoms with Crippen LogP contribution < -0.4 is 9.73 Å². The molecule has 0 radical (unpaired) electrons. The highest BCUT2D eigenvalue weighted by Crippen LogP contribution is 2.30. The zero-order valence-electron chi connectivity index (χ0n) is 22.2. The first-order chi connectivity index (χ1) is 18.9. The zero-order valence-corrected chi connectivity index (χ0v) is 25.3. The highest BCUT2D eigenvalue weighted by atomic mass is 35.5. The van der Waals surface area contributed by atoms with Gasteiger partial charge in [0.2, 0.25) is 0 Å². The van der Waals surface area contributed by atoms with Crippen molar-refractivity contribution in [3.8, 4) is 5.69 Å². The summed E-state index contributed by atoms with van der Waals surface area (Å²) in [6, 6.07) is 18.4. The molecule has 0 aliphatic rings. The van der Waals surface area contributed by atoms with Crippen LogP contribution in [0, 0.1) is 27.7 Å². The van der Waals surface area contributed by atoms with Crippen molar-refractivity contribution in [2.75, 3.05) is 10.8 Å². The summed E-state index contributed by atoms with van der Waals surface area (Å²) in [5, 5.41) is 5.53. The third-order valence-electron chi connectivity index (χ3n) is 6.35. The molecule has 40 heavy (non-hydrogen) atoms. The number of amides is 1. The van der Waals surface area contributed by atoms with Crippen LogP contribution in [0.3, 0.4) is 0 Å². The minimum atomic E-state index is -4.09. The number of halogens is 3. The average molecular weight is 618 g/mol. The Morgan fingerprint density at radius 1 is 0.925 bits per heavy atom. The van der Waals surface area contributed by atoms with E-state index in [1.165, 1.54) is 24.4 Å². The van der Waals surface area contributed by atoms with Crippen LogP contribution in [-0.4, -0.2) is 31.7 Å². The monoisotopic (exact) mass is 616 g/mol. The Balaban J connectivity index is 1.60. The molecule has 1 N–H and O–H groups in total. The normalized spacial score (nSPS) is 11.7. The van der Waals surface area contributed by atoms with Crippen molar-refractivity contribution in [1.29, 1.82) is 0 Å². The van der Waals surface area contributed by atoms with Crippen LogP contribution in [0.15, 0.2) is 76.7 Å². The summed E-state index contributed by atoms with van der Waals surface area (Å²) < 4.78 is 30.3. The molecule has 0 saturated heterocycles. The predicted molar refractivity (Wildman–Crippen MR) is 163 cm³/mol. The lowest BCUT2D eigenvalue weighted by Gasteiger charge is -2.25. The molecule has 3 aromatic carbocycles. The number of carbonyl (C=O) groups excluding carboxylic acids is 1. The van der Waals surface area contributed by atoms with Gasteiger partial charge in [-0.3, -0.25) is 9.10 Å². The number of nitrogens with one attached hydrogen (secondary N) is 1. The molecule has 208 valence electrons. The fraction of sp³-hybridized carbons (Fsp3) is 0.172. The predicted octanol–water partition coefficient (Wildman–Crippen LogP) is 7.02. The maximum Gasteiger partial charge on any atom is 0.264 e. The van der Waals surface area contributed by atoms with Crippen LogP contribution in [0.1, 0.15) is 28.1 Å². The quantitative estimate of drug-likeness (QED) is 0.170. The molecule has 0 fully saturated rings. The topological polar surface area (TPSA) is 83.8 Å². The van der Waals surface area contributed by atoms with Gasteiger partial charge in [-0.1, -0.05) is 58.6 Å². The van der Waals surface area contributed by atoms with Gasteiger partial charge in [-0.05, 0) is 81.8 Å².